The molecule has 0 spiro atoms. The van der Waals surface area contributed by atoms with E-state index in [4.69, 9.17) is 18.0 Å². The van der Waals surface area contributed by atoms with Crippen LogP contribution in [0.5, 0.6) is 0 Å². The molecule has 0 atom stereocenters. The van der Waals surface area contributed by atoms with Crippen LogP contribution >= 0.6 is 12.2 Å². The lowest BCUT2D eigenvalue weighted by atomic mass is 10.00. The molecule has 0 aliphatic rings. The second-order valence-corrected chi connectivity index (χ2v) is 5.30. The second-order valence-electron chi connectivity index (χ2n) is 4.89. The zero-order chi connectivity index (χ0) is 14.7. The molecule has 0 bridgehead atoms. The molecule has 4 nitrogen and oxygen atoms in total. The van der Waals surface area contributed by atoms with Crippen molar-refractivity contribution in [3.63, 3.8) is 0 Å². The van der Waals surface area contributed by atoms with Crippen LogP contribution in [0.1, 0.15) is 16.7 Å². The van der Waals surface area contributed by atoms with Crippen LogP contribution in [0, 0.1) is 20.8 Å². The summed E-state index contributed by atoms with van der Waals surface area (Å²) in [4.78, 5) is 4.48. The largest absolute Gasteiger partial charge is 0.361 e. The highest BCUT2D eigenvalue weighted by atomic mass is 32.1. The average molecular weight is 288 g/mol. The van der Waals surface area contributed by atoms with Crippen LogP contribution < -0.4 is 16.4 Å². The Labute approximate surface area is 124 Å². The smallest absolute Gasteiger partial charge is 0.170 e. The fourth-order valence-corrected chi connectivity index (χ4v) is 2.55. The first-order chi connectivity index (χ1) is 9.54. The molecule has 2 rings (SSSR count). The quantitative estimate of drug-likeness (QED) is 0.757. The lowest BCUT2D eigenvalue weighted by molar-refractivity contribution is 0.883. The minimum atomic E-state index is 0.556. The Bertz CT molecular complexity index is 652. The van der Waals surface area contributed by atoms with Crippen LogP contribution in [0.4, 0.5) is 5.69 Å². The number of nitrogens with zero attached hydrogens (tertiary/aromatic N) is 1. The molecule has 0 aliphatic heterocycles. The fraction of sp³-hybridized carbons (Fsp3) is 0.333. The minimum Gasteiger partial charge on any atom is -0.361 e. The van der Waals surface area contributed by atoms with E-state index in [2.05, 4.69) is 42.5 Å². The van der Waals surface area contributed by atoms with E-state index >= 15 is 0 Å². The third kappa shape index (κ3) is 2.89. The molecule has 0 fully saturated rings. The van der Waals surface area contributed by atoms with Gasteiger partial charge in [0.05, 0.1) is 5.52 Å². The highest BCUT2D eigenvalue weighted by molar-refractivity contribution is 7.80. The number of rotatable bonds is 3. The van der Waals surface area contributed by atoms with Crippen LogP contribution in [-0.4, -0.2) is 23.2 Å². The summed E-state index contributed by atoms with van der Waals surface area (Å²) in [7, 11) is 0. The SMILES string of the molecule is Cc1cc(NC(=S)NCCN)c(C)c2c(C)ccnc12. The number of hydrogen-bond acceptors (Lipinski definition) is 3. The van der Waals surface area contributed by atoms with Crippen molar-refractivity contribution in [2.24, 2.45) is 5.73 Å². The zero-order valence-corrected chi connectivity index (χ0v) is 12.9. The molecule has 0 unspecified atom stereocenters. The van der Waals surface area contributed by atoms with Crippen LogP contribution in [0.2, 0.25) is 0 Å². The number of fused-ring (bicyclic) bond motifs is 1. The number of nitrogens with two attached hydrogens (primary N) is 1. The van der Waals surface area contributed by atoms with E-state index in [1.807, 2.05) is 12.3 Å². The van der Waals surface area contributed by atoms with Crippen molar-refractivity contribution in [3.8, 4) is 0 Å². The van der Waals surface area contributed by atoms with Gasteiger partial charge in [-0.1, -0.05) is 0 Å². The normalized spacial score (nSPS) is 10.6. The molecule has 1 aromatic carbocycles. The maximum Gasteiger partial charge on any atom is 0.170 e. The Morgan fingerprint density at radius 2 is 2.05 bits per heavy atom. The topological polar surface area (TPSA) is 63.0 Å². The number of aryl methyl sites for hydroxylation is 3. The molecular formula is C15H20N4S. The number of thiocarbonyl (C=S) groups is 1. The summed E-state index contributed by atoms with van der Waals surface area (Å²) in [5.41, 5.74) is 11.0. The second kappa shape index (κ2) is 6.15. The van der Waals surface area contributed by atoms with Crippen LogP contribution in [-0.2, 0) is 0 Å². The molecule has 1 heterocycles. The first-order valence-corrected chi connectivity index (χ1v) is 7.06. The van der Waals surface area contributed by atoms with Crippen molar-refractivity contribution in [2.45, 2.75) is 20.8 Å². The lowest BCUT2D eigenvalue weighted by Crippen LogP contribution is -2.32. The van der Waals surface area contributed by atoms with Crippen molar-refractivity contribution in [1.29, 1.82) is 0 Å². The molecular weight excluding hydrogens is 268 g/mol. The maximum atomic E-state index is 5.46. The number of nitrogens with one attached hydrogen (secondary N) is 2. The van der Waals surface area contributed by atoms with Gasteiger partial charge in [-0.2, -0.15) is 0 Å². The molecule has 0 saturated carbocycles. The standard InChI is InChI=1S/C15H20N4S/c1-9-4-6-17-14-10(2)8-12(11(3)13(9)14)19-15(20)18-7-5-16/h4,6,8H,5,7,16H2,1-3H3,(H2,18,19,20). The summed E-state index contributed by atoms with van der Waals surface area (Å²) in [6.45, 7) is 7.48. The van der Waals surface area contributed by atoms with Gasteiger partial charge in [0.1, 0.15) is 0 Å². The molecule has 0 radical (unpaired) electrons. The summed E-state index contributed by atoms with van der Waals surface area (Å²) < 4.78 is 0. The maximum absolute atomic E-state index is 5.46. The number of anilines is 1. The van der Waals surface area contributed by atoms with Gasteiger partial charge in [0.15, 0.2) is 5.11 Å². The van der Waals surface area contributed by atoms with Crippen LogP contribution in [0.25, 0.3) is 10.9 Å². The van der Waals surface area contributed by atoms with E-state index in [-0.39, 0.29) is 0 Å². The van der Waals surface area contributed by atoms with E-state index in [1.54, 1.807) is 0 Å². The highest BCUT2D eigenvalue weighted by Crippen LogP contribution is 2.29. The number of benzene rings is 1. The van der Waals surface area contributed by atoms with E-state index in [0.29, 0.717) is 18.2 Å². The van der Waals surface area contributed by atoms with Crippen molar-refractivity contribution in [2.75, 3.05) is 18.4 Å². The number of pyridine rings is 1. The summed E-state index contributed by atoms with van der Waals surface area (Å²) in [5.74, 6) is 0. The molecule has 0 amide bonds. The Morgan fingerprint density at radius 1 is 1.30 bits per heavy atom. The first kappa shape index (κ1) is 14.7. The predicted molar refractivity (Wildman–Crippen MR) is 89.2 cm³/mol. The molecule has 1 aromatic heterocycles. The van der Waals surface area contributed by atoms with Crippen molar-refractivity contribution >= 4 is 33.9 Å². The monoisotopic (exact) mass is 288 g/mol. The van der Waals surface area contributed by atoms with E-state index < -0.39 is 0 Å². The summed E-state index contributed by atoms with van der Waals surface area (Å²) >= 11 is 5.27. The van der Waals surface area contributed by atoms with Gasteiger partial charge in [0.25, 0.3) is 0 Å². The molecule has 5 heteroatoms. The molecule has 0 saturated heterocycles. The van der Waals surface area contributed by atoms with Crippen LogP contribution in [0.15, 0.2) is 18.3 Å². The minimum absolute atomic E-state index is 0.556. The van der Waals surface area contributed by atoms with Gasteiger partial charge in [-0.25, -0.2) is 0 Å². The lowest BCUT2D eigenvalue weighted by Gasteiger charge is -2.16. The van der Waals surface area contributed by atoms with E-state index in [1.165, 1.54) is 10.9 Å². The van der Waals surface area contributed by atoms with Crippen molar-refractivity contribution in [3.05, 3.63) is 35.0 Å². The molecule has 20 heavy (non-hydrogen) atoms. The van der Waals surface area contributed by atoms with E-state index in [9.17, 15) is 0 Å². The Hall–Kier alpha value is -1.72. The van der Waals surface area contributed by atoms with Gasteiger partial charge in [-0.15, -0.1) is 0 Å². The van der Waals surface area contributed by atoms with Gasteiger partial charge in [-0.05, 0) is 61.8 Å². The van der Waals surface area contributed by atoms with Crippen molar-refractivity contribution < 1.29 is 0 Å². The van der Waals surface area contributed by atoms with Gasteiger partial charge in [-0.3, -0.25) is 4.98 Å². The highest BCUT2D eigenvalue weighted by Gasteiger charge is 2.10. The fourth-order valence-electron chi connectivity index (χ4n) is 2.34. The molecule has 2 aromatic rings. The Morgan fingerprint density at radius 3 is 2.75 bits per heavy atom. The van der Waals surface area contributed by atoms with Crippen LogP contribution in [0.3, 0.4) is 0 Å². The average Bonchev–Trinajstić information content (AvgIpc) is 2.42. The summed E-state index contributed by atoms with van der Waals surface area (Å²) in [5, 5.41) is 8.10. The Kier molecular flexibility index (Phi) is 4.52. The summed E-state index contributed by atoms with van der Waals surface area (Å²) in [6.07, 6.45) is 1.85. The zero-order valence-electron chi connectivity index (χ0n) is 12.1. The predicted octanol–water partition coefficient (Wildman–Crippen LogP) is 2.41. The molecule has 0 aliphatic carbocycles. The molecule has 106 valence electrons. The van der Waals surface area contributed by atoms with Crippen molar-refractivity contribution in [1.82, 2.24) is 10.3 Å². The molecule has 4 N–H and O–H groups in total. The third-order valence-corrected chi connectivity index (χ3v) is 3.60. The van der Waals surface area contributed by atoms with Gasteiger partial charge >= 0.3 is 0 Å². The number of hydrogen-bond donors (Lipinski definition) is 3. The third-order valence-electron chi connectivity index (χ3n) is 3.35. The number of aromatic nitrogens is 1. The first-order valence-electron chi connectivity index (χ1n) is 6.65. The van der Waals surface area contributed by atoms with E-state index in [0.717, 1.165) is 22.3 Å². The van der Waals surface area contributed by atoms with Gasteiger partial charge < -0.3 is 16.4 Å². The Balaban J connectivity index is 2.43. The summed E-state index contributed by atoms with van der Waals surface area (Å²) in [6, 6.07) is 4.12. The van der Waals surface area contributed by atoms with Gasteiger partial charge in [0, 0.05) is 30.4 Å². The van der Waals surface area contributed by atoms with Gasteiger partial charge in [0.2, 0.25) is 0 Å².